The third kappa shape index (κ3) is 3.93. The number of hydrogen-bond donors (Lipinski definition) is 1. The molecule has 1 amide bonds. The summed E-state index contributed by atoms with van der Waals surface area (Å²) in [5.41, 5.74) is 2.33. The van der Waals surface area contributed by atoms with Gasteiger partial charge in [-0.1, -0.05) is 60.3 Å². The van der Waals surface area contributed by atoms with Crippen LogP contribution in [-0.2, 0) is 26.9 Å². The number of fused-ring (bicyclic) bond motifs is 3. The number of anilines is 1. The van der Waals surface area contributed by atoms with Crippen molar-refractivity contribution in [2.45, 2.75) is 29.7 Å². The molecule has 10 heteroatoms. The van der Waals surface area contributed by atoms with Crippen LogP contribution in [-0.4, -0.2) is 25.6 Å². The van der Waals surface area contributed by atoms with E-state index in [-0.39, 0.29) is 11.2 Å². The van der Waals surface area contributed by atoms with Gasteiger partial charge in [0.1, 0.15) is 11.5 Å². The Kier molecular flexibility index (Phi) is 5.79. The highest BCUT2D eigenvalue weighted by molar-refractivity contribution is 8.14. The first-order valence-electron chi connectivity index (χ1n) is 12.8. The van der Waals surface area contributed by atoms with Crippen molar-refractivity contribution in [2.75, 3.05) is 11.2 Å². The molecule has 4 aromatic rings. The molecule has 0 saturated carbocycles. The maximum Gasteiger partial charge on any atom is 0.261 e. The summed E-state index contributed by atoms with van der Waals surface area (Å²) < 4.78 is 39.6. The molecule has 0 bridgehead atoms. The smallest absolute Gasteiger partial charge is 0.261 e. The van der Waals surface area contributed by atoms with E-state index >= 15 is 0 Å². The van der Waals surface area contributed by atoms with Gasteiger partial charge in [0.2, 0.25) is 10.0 Å². The van der Waals surface area contributed by atoms with E-state index in [0.717, 1.165) is 23.1 Å². The molecule has 0 aliphatic carbocycles. The second-order valence-electron chi connectivity index (χ2n) is 10.1. The monoisotopic (exact) mass is 571 g/mol. The zero-order valence-electron chi connectivity index (χ0n) is 21.5. The van der Waals surface area contributed by atoms with Gasteiger partial charge in [-0.25, -0.2) is 8.42 Å². The summed E-state index contributed by atoms with van der Waals surface area (Å²) in [5, 5.41) is 0.381. The molecular formula is C30H25N3O5S2. The van der Waals surface area contributed by atoms with Crippen LogP contribution >= 0.6 is 11.8 Å². The largest absolute Gasteiger partial charge is 0.469 e. The third-order valence-corrected chi connectivity index (χ3v) is 9.38. The van der Waals surface area contributed by atoms with Crippen molar-refractivity contribution >= 4 is 38.4 Å². The molecular weight excluding hydrogens is 546 g/mol. The number of hydrogen-bond acceptors (Lipinski definition) is 7. The molecule has 0 saturated heterocycles. The highest BCUT2D eigenvalue weighted by atomic mass is 32.2. The Balaban J connectivity index is 1.45. The minimum atomic E-state index is -3.64. The van der Waals surface area contributed by atoms with Crippen molar-refractivity contribution in [3.05, 3.63) is 125 Å². The van der Waals surface area contributed by atoms with Crippen molar-refractivity contribution in [3.63, 3.8) is 0 Å². The Morgan fingerprint density at radius 2 is 1.68 bits per heavy atom. The van der Waals surface area contributed by atoms with Crippen LogP contribution in [0.1, 0.15) is 40.2 Å². The van der Waals surface area contributed by atoms with Gasteiger partial charge in [-0.05, 0) is 35.9 Å². The van der Waals surface area contributed by atoms with Gasteiger partial charge >= 0.3 is 0 Å². The normalized spacial score (nSPS) is 23.9. The van der Waals surface area contributed by atoms with Crippen molar-refractivity contribution in [1.82, 2.24) is 4.72 Å². The molecule has 7 rings (SSSR count). The van der Waals surface area contributed by atoms with Gasteiger partial charge in [0, 0.05) is 23.3 Å². The minimum absolute atomic E-state index is 0.179. The Labute approximate surface area is 235 Å². The summed E-state index contributed by atoms with van der Waals surface area (Å²) in [4.78, 5) is 21.7. The summed E-state index contributed by atoms with van der Waals surface area (Å²) in [5.74, 6) is 0.408. The molecule has 8 nitrogen and oxygen atoms in total. The van der Waals surface area contributed by atoms with E-state index in [1.807, 2.05) is 66.7 Å². The van der Waals surface area contributed by atoms with Crippen molar-refractivity contribution in [3.8, 4) is 0 Å². The Bertz CT molecular complexity index is 1760. The summed E-state index contributed by atoms with van der Waals surface area (Å²) >= 11 is 1.48. The predicted octanol–water partition coefficient (Wildman–Crippen LogP) is 5.49. The molecule has 0 fully saturated rings. The van der Waals surface area contributed by atoms with Gasteiger partial charge in [0.25, 0.3) is 5.91 Å². The first-order valence-corrected chi connectivity index (χ1v) is 15.6. The predicted molar refractivity (Wildman–Crippen MR) is 153 cm³/mol. The Hall–Kier alpha value is -4.02. The molecule has 3 aliphatic heterocycles. The van der Waals surface area contributed by atoms with Crippen molar-refractivity contribution < 1.29 is 22.0 Å². The molecule has 0 unspecified atom stereocenters. The summed E-state index contributed by atoms with van der Waals surface area (Å²) in [6, 6.07) is 24.8. The molecule has 0 radical (unpaired) electrons. The molecule has 202 valence electrons. The molecule has 3 aliphatic rings. The van der Waals surface area contributed by atoms with Crippen LogP contribution < -0.4 is 9.62 Å². The molecule has 1 N–H and O–H groups in total. The number of furan rings is 2. The summed E-state index contributed by atoms with van der Waals surface area (Å²) in [6.45, 7) is 0.379. The number of rotatable bonds is 6. The zero-order valence-corrected chi connectivity index (χ0v) is 23.1. The van der Waals surface area contributed by atoms with E-state index < -0.39 is 21.5 Å². The summed E-state index contributed by atoms with van der Waals surface area (Å²) in [6.07, 6.45) is 4.66. The Morgan fingerprint density at radius 3 is 2.38 bits per heavy atom. The van der Waals surface area contributed by atoms with E-state index in [1.165, 1.54) is 11.8 Å². The SMILES string of the molecule is CS(=O)(=O)NC1=C2C(=N[C@]3(C(=O)N(Cc4ccccc4)c4ccccc43)[C@@H]2c2ccco2)S[C@H](c2ccco2)C1. The van der Waals surface area contributed by atoms with Gasteiger partial charge in [0.15, 0.2) is 5.54 Å². The van der Waals surface area contributed by atoms with Crippen LogP contribution in [0.2, 0.25) is 0 Å². The quantitative estimate of drug-likeness (QED) is 0.328. The van der Waals surface area contributed by atoms with Crippen LogP contribution in [0.3, 0.4) is 0 Å². The number of aliphatic imine (C=N–C) groups is 1. The summed E-state index contributed by atoms with van der Waals surface area (Å²) in [7, 11) is -3.64. The molecule has 2 aromatic carbocycles. The number of amides is 1. The topological polar surface area (TPSA) is 105 Å². The van der Waals surface area contributed by atoms with Gasteiger partial charge in [0.05, 0.1) is 47.2 Å². The average molecular weight is 572 g/mol. The number of sulfonamides is 1. The maximum atomic E-state index is 14.7. The highest BCUT2D eigenvalue weighted by Crippen LogP contribution is 2.61. The van der Waals surface area contributed by atoms with Crippen LogP contribution in [0.15, 0.2) is 116 Å². The number of allylic oxidation sites excluding steroid dienone is 1. The van der Waals surface area contributed by atoms with Crippen molar-refractivity contribution in [2.24, 2.45) is 4.99 Å². The zero-order chi connectivity index (χ0) is 27.5. The molecule has 40 heavy (non-hydrogen) atoms. The highest BCUT2D eigenvalue weighted by Gasteiger charge is 2.63. The first kappa shape index (κ1) is 25.0. The number of carbonyl (C=O) groups is 1. The number of para-hydroxylation sites is 1. The number of nitrogens with zero attached hydrogens (tertiary/aromatic N) is 2. The lowest BCUT2D eigenvalue weighted by atomic mass is 9.75. The standard InChI is InChI=1S/C30H25N3O5S2/c1-40(35,36)32-21-17-25(23-13-7-15-37-23)39-28-26(21)27(24-14-8-16-38-24)30(31-28)20-11-5-6-12-22(20)33(29(30)34)18-19-9-3-2-4-10-19/h2-16,25,27,32H,17-18H2,1H3/t25-,27+,30-/m0/s1. The fraction of sp³-hybridized carbons (Fsp3) is 0.200. The van der Waals surface area contributed by atoms with E-state index in [1.54, 1.807) is 29.6 Å². The van der Waals surface area contributed by atoms with Crippen LogP contribution in [0.4, 0.5) is 5.69 Å². The lowest BCUT2D eigenvalue weighted by Gasteiger charge is -2.30. The van der Waals surface area contributed by atoms with Crippen LogP contribution in [0.5, 0.6) is 0 Å². The fourth-order valence-electron chi connectivity index (χ4n) is 6.01. The minimum Gasteiger partial charge on any atom is -0.469 e. The second kappa shape index (κ2) is 9.28. The Morgan fingerprint density at radius 1 is 0.975 bits per heavy atom. The number of thioether (sulfide) groups is 1. The van der Waals surface area contributed by atoms with E-state index in [9.17, 15) is 13.2 Å². The lowest BCUT2D eigenvalue weighted by Crippen LogP contribution is -2.42. The first-order chi connectivity index (χ1) is 19.3. The van der Waals surface area contributed by atoms with E-state index in [0.29, 0.717) is 40.8 Å². The third-order valence-electron chi connectivity index (χ3n) is 7.54. The van der Waals surface area contributed by atoms with Gasteiger partial charge in [-0.2, -0.15) is 0 Å². The van der Waals surface area contributed by atoms with Gasteiger partial charge in [-0.15, -0.1) is 0 Å². The second-order valence-corrected chi connectivity index (χ2v) is 13.1. The van der Waals surface area contributed by atoms with E-state index in [2.05, 4.69) is 4.72 Å². The number of carbonyl (C=O) groups excluding carboxylic acids is 1. The molecule has 5 heterocycles. The number of benzene rings is 2. The average Bonchev–Trinajstić information content (AvgIpc) is 3.73. The number of nitrogens with one attached hydrogen (secondary N) is 1. The van der Waals surface area contributed by atoms with Crippen LogP contribution in [0.25, 0.3) is 0 Å². The molecule has 3 atom stereocenters. The van der Waals surface area contributed by atoms with Gasteiger partial charge < -0.3 is 13.7 Å². The molecule has 2 aromatic heterocycles. The van der Waals surface area contributed by atoms with Gasteiger partial charge in [-0.3, -0.25) is 14.5 Å². The van der Waals surface area contributed by atoms with E-state index in [4.69, 9.17) is 13.8 Å². The maximum absolute atomic E-state index is 14.7. The van der Waals surface area contributed by atoms with Crippen LogP contribution in [0, 0.1) is 0 Å². The molecule has 1 spiro atoms. The fourth-order valence-corrected chi connectivity index (χ4v) is 7.99. The van der Waals surface area contributed by atoms with Crippen molar-refractivity contribution in [1.29, 1.82) is 0 Å². The lowest BCUT2D eigenvalue weighted by molar-refractivity contribution is -0.123.